The van der Waals surface area contributed by atoms with Crippen molar-refractivity contribution in [2.75, 3.05) is 59.0 Å². The van der Waals surface area contributed by atoms with Crippen molar-refractivity contribution >= 4 is 11.8 Å². The number of amides is 2. The quantitative estimate of drug-likeness (QED) is 0.709. The summed E-state index contributed by atoms with van der Waals surface area (Å²) >= 11 is 0. The Balaban J connectivity index is 1.20. The van der Waals surface area contributed by atoms with Crippen LogP contribution in [-0.4, -0.2) is 91.6 Å². The lowest BCUT2D eigenvalue weighted by molar-refractivity contribution is -0.135. The molecule has 7 heteroatoms. The molecule has 0 saturated carbocycles. The van der Waals surface area contributed by atoms with Gasteiger partial charge in [0.15, 0.2) is 6.61 Å². The van der Waals surface area contributed by atoms with Gasteiger partial charge in [-0.25, -0.2) is 0 Å². The van der Waals surface area contributed by atoms with Gasteiger partial charge in [0, 0.05) is 51.4 Å². The highest BCUT2D eigenvalue weighted by Crippen LogP contribution is 2.14. The van der Waals surface area contributed by atoms with Crippen LogP contribution in [0.3, 0.4) is 0 Å². The molecule has 2 amide bonds. The first-order chi connectivity index (χ1) is 15.2. The van der Waals surface area contributed by atoms with Gasteiger partial charge in [-0.2, -0.15) is 0 Å². The summed E-state index contributed by atoms with van der Waals surface area (Å²) in [5, 5.41) is 0. The van der Waals surface area contributed by atoms with Crippen molar-refractivity contribution in [3.63, 3.8) is 0 Å². The topological polar surface area (TPSA) is 62.3 Å². The number of morpholine rings is 1. The van der Waals surface area contributed by atoms with Crippen molar-refractivity contribution in [1.82, 2.24) is 14.7 Å². The van der Waals surface area contributed by atoms with Crippen LogP contribution in [0.4, 0.5) is 0 Å². The second-order valence-electron chi connectivity index (χ2n) is 7.89. The minimum Gasteiger partial charge on any atom is -0.484 e. The maximum Gasteiger partial charge on any atom is 0.260 e. The van der Waals surface area contributed by atoms with Crippen LogP contribution in [-0.2, 0) is 9.53 Å². The first-order valence-corrected chi connectivity index (χ1v) is 10.8. The van der Waals surface area contributed by atoms with Crippen LogP contribution in [0.25, 0.3) is 0 Å². The fourth-order valence-electron chi connectivity index (χ4n) is 4.00. The van der Waals surface area contributed by atoms with Crippen molar-refractivity contribution in [3.8, 4) is 5.75 Å². The lowest BCUT2D eigenvalue weighted by atomic mass is 10.1. The SMILES string of the molecule is O=C(COc1ccccc1)N1CCN(CC2CN(C(=O)c3ccccc3)CCO2)CC1. The van der Waals surface area contributed by atoms with E-state index >= 15 is 0 Å². The Morgan fingerprint density at radius 2 is 1.55 bits per heavy atom. The monoisotopic (exact) mass is 423 g/mol. The van der Waals surface area contributed by atoms with E-state index in [-0.39, 0.29) is 24.5 Å². The summed E-state index contributed by atoms with van der Waals surface area (Å²) in [6, 6.07) is 18.8. The molecule has 2 aliphatic heterocycles. The second-order valence-corrected chi connectivity index (χ2v) is 7.89. The predicted molar refractivity (Wildman–Crippen MR) is 117 cm³/mol. The third-order valence-electron chi connectivity index (χ3n) is 5.74. The van der Waals surface area contributed by atoms with Gasteiger partial charge in [0.25, 0.3) is 11.8 Å². The highest BCUT2D eigenvalue weighted by molar-refractivity contribution is 5.94. The number of nitrogens with zero attached hydrogens (tertiary/aromatic N) is 3. The summed E-state index contributed by atoms with van der Waals surface area (Å²) in [7, 11) is 0. The largest absolute Gasteiger partial charge is 0.484 e. The molecule has 2 heterocycles. The zero-order valence-corrected chi connectivity index (χ0v) is 17.7. The van der Waals surface area contributed by atoms with Crippen molar-refractivity contribution in [1.29, 1.82) is 0 Å². The molecule has 4 rings (SSSR count). The molecule has 1 unspecified atom stereocenters. The number of carbonyl (C=O) groups excluding carboxylic acids is 2. The molecule has 164 valence electrons. The molecule has 2 saturated heterocycles. The van der Waals surface area contributed by atoms with Crippen molar-refractivity contribution in [3.05, 3.63) is 66.2 Å². The van der Waals surface area contributed by atoms with Crippen LogP contribution < -0.4 is 4.74 Å². The third kappa shape index (κ3) is 5.83. The highest BCUT2D eigenvalue weighted by Gasteiger charge is 2.28. The van der Waals surface area contributed by atoms with E-state index in [1.807, 2.05) is 70.5 Å². The number of para-hydroxylation sites is 1. The Kier molecular flexibility index (Phi) is 7.17. The normalized spacial score (nSPS) is 19.8. The lowest BCUT2D eigenvalue weighted by Crippen LogP contribution is -2.54. The molecule has 2 aliphatic rings. The van der Waals surface area contributed by atoms with Gasteiger partial charge in [-0.05, 0) is 24.3 Å². The van der Waals surface area contributed by atoms with Gasteiger partial charge in [0.2, 0.25) is 0 Å². The van der Waals surface area contributed by atoms with Crippen LogP contribution >= 0.6 is 0 Å². The van der Waals surface area contributed by atoms with Crippen molar-refractivity contribution in [2.24, 2.45) is 0 Å². The zero-order valence-electron chi connectivity index (χ0n) is 17.7. The van der Waals surface area contributed by atoms with E-state index in [1.165, 1.54) is 0 Å². The molecule has 7 nitrogen and oxygen atoms in total. The molecular weight excluding hydrogens is 394 g/mol. The number of benzene rings is 2. The van der Waals surface area contributed by atoms with Crippen LogP contribution in [0.5, 0.6) is 5.75 Å². The first-order valence-electron chi connectivity index (χ1n) is 10.8. The van der Waals surface area contributed by atoms with E-state index in [4.69, 9.17) is 9.47 Å². The second kappa shape index (κ2) is 10.4. The molecule has 2 aromatic carbocycles. The van der Waals surface area contributed by atoms with Gasteiger partial charge in [-0.15, -0.1) is 0 Å². The van der Waals surface area contributed by atoms with Gasteiger partial charge < -0.3 is 19.3 Å². The van der Waals surface area contributed by atoms with E-state index < -0.39 is 0 Å². The van der Waals surface area contributed by atoms with Crippen LogP contribution in [0.1, 0.15) is 10.4 Å². The minimum absolute atomic E-state index is 0.00919. The summed E-state index contributed by atoms with van der Waals surface area (Å²) in [4.78, 5) is 31.2. The molecule has 0 bridgehead atoms. The van der Waals surface area contributed by atoms with Crippen molar-refractivity contribution < 1.29 is 19.1 Å². The number of ether oxygens (including phenoxy) is 2. The summed E-state index contributed by atoms with van der Waals surface area (Å²) in [6.07, 6.45) is -0.00919. The van der Waals surface area contributed by atoms with Gasteiger partial charge in [-0.1, -0.05) is 36.4 Å². The van der Waals surface area contributed by atoms with Gasteiger partial charge in [-0.3, -0.25) is 14.5 Å². The number of hydrogen-bond acceptors (Lipinski definition) is 5. The Morgan fingerprint density at radius 3 is 2.26 bits per heavy atom. The molecule has 2 fully saturated rings. The maximum absolute atomic E-state index is 12.7. The molecule has 2 aromatic rings. The van der Waals surface area contributed by atoms with Gasteiger partial charge >= 0.3 is 0 Å². The van der Waals surface area contributed by atoms with E-state index in [0.29, 0.717) is 44.1 Å². The molecule has 0 N–H and O–H groups in total. The molecule has 1 atom stereocenters. The van der Waals surface area contributed by atoms with Crippen LogP contribution in [0.15, 0.2) is 60.7 Å². The minimum atomic E-state index is -0.00919. The summed E-state index contributed by atoms with van der Waals surface area (Å²) in [6.45, 7) is 5.54. The summed E-state index contributed by atoms with van der Waals surface area (Å²) < 4.78 is 11.5. The van der Waals surface area contributed by atoms with E-state index in [1.54, 1.807) is 0 Å². The maximum atomic E-state index is 12.7. The first kappa shape index (κ1) is 21.3. The summed E-state index contributed by atoms with van der Waals surface area (Å²) in [5.41, 5.74) is 0.716. The third-order valence-corrected chi connectivity index (χ3v) is 5.74. The Labute approximate surface area is 183 Å². The molecule has 0 aromatic heterocycles. The number of piperazine rings is 1. The standard InChI is InChI=1S/C24H29N3O4/c28-23(19-31-21-9-5-2-6-10-21)26-13-11-25(12-14-26)17-22-18-27(15-16-30-22)24(29)20-7-3-1-4-8-20/h1-10,22H,11-19H2. The molecule has 0 radical (unpaired) electrons. The van der Waals surface area contributed by atoms with E-state index in [9.17, 15) is 9.59 Å². The van der Waals surface area contributed by atoms with Crippen LogP contribution in [0.2, 0.25) is 0 Å². The van der Waals surface area contributed by atoms with Crippen LogP contribution in [0, 0.1) is 0 Å². The number of carbonyl (C=O) groups is 2. The lowest BCUT2D eigenvalue weighted by Gasteiger charge is -2.39. The number of rotatable bonds is 6. The number of hydrogen-bond donors (Lipinski definition) is 0. The van der Waals surface area contributed by atoms with E-state index in [0.717, 1.165) is 19.6 Å². The highest BCUT2D eigenvalue weighted by atomic mass is 16.5. The zero-order chi connectivity index (χ0) is 21.5. The Morgan fingerprint density at radius 1 is 0.871 bits per heavy atom. The average molecular weight is 424 g/mol. The van der Waals surface area contributed by atoms with Crippen molar-refractivity contribution in [2.45, 2.75) is 6.10 Å². The molecule has 0 spiro atoms. The molecule has 0 aliphatic carbocycles. The Bertz CT molecular complexity index is 854. The average Bonchev–Trinajstić information content (AvgIpc) is 2.84. The van der Waals surface area contributed by atoms with Gasteiger partial charge in [0.1, 0.15) is 5.75 Å². The smallest absolute Gasteiger partial charge is 0.260 e. The molecule has 31 heavy (non-hydrogen) atoms. The fraction of sp³-hybridized carbons (Fsp3) is 0.417. The Hall–Kier alpha value is -2.90. The molecular formula is C24H29N3O4. The van der Waals surface area contributed by atoms with E-state index in [2.05, 4.69) is 4.90 Å². The summed E-state index contributed by atoms with van der Waals surface area (Å²) in [5.74, 6) is 0.776. The predicted octanol–water partition coefficient (Wildman–Crippen LogP) is 1.75. The van der Waals surface area contributed by atoms with Gasteiger partial charge in [0.05, 0.1) is 12.7 Å². The fourth-order valence-corrected chi connectivity index (χ4v) is 4.00.